The zero-order chi connectivity index (χ0) is 12.8. The lowest BCUT2D eigenvalue weighted by molar-refractivity contribution is -0.142. The fourth-order valence-electron chi connectivity index (χ4n) is 1.63. The second-order valence-corrected chi connectivity index (χ2v) is 3.91. The summed E-state index contributed by atoms with van der Waals surface area (Å²) >= 11 is 0. The van der Waals surface area contributed by atoms with E-state index in [0.717, 1.165) is 11.3 Å². The highest BCUT2D eigenvalue weighted by atomic mass is 16.5. The van der Waals surface area contributed by atoms with Crippen molar-refractivity contribution in [2.75, 3.05) is 14.2 Å². The summed E-state index contributed by atoms with van der Waals surface area (Å²) < 4.78 is 9.83. The van der Waals surface area contributed by atoms with Crippen molar-refractivity contribution in [3.8, 4) is 5.75 Å². The van der Waals surface area contributed by atoms with Gasteiger partial charge in [-0.05, 0) is 31.5 Å². The van der Waals surface area contributed by atoms with Crippen molar-refractivity contribution in [3.05, 3.63) is 29.8 Å². The lowest BCUT2D eigenvalue weighted by Crippen LogP contribution is -2.36. The van der Waals surface area contributed by atoms with E-state index >= 15 is 0 Å². The van der Waals surface area contributed by atoms with E-state index in [0.29, 0.717) is 0 Å². The van der Waals surface area contributed by atoms with Gasteiger partial charge in [0.1, 0.15) is 11.8 Å². The van der Waals surface area contributed by atoms with Gasteiger partial charge in [0.05, 0.1) is 14.2 Å². The molecule has 0 aromatic heterocycles. The summed E-state index contributed by atoms with van der Waals surface area (Å²) in [6, 6.07) is 7.47. The first-order valence-electron chi connectivity index (χ1n) is 5.56. The minimum Gasteiger partial charge on any atom is -0.497 e. The molecule has 94 valence electrons. The molecule has 2 atom stereocenters. The molecule has 1 aromatic carbocycles. The summed E-state index contributed by atoms with van der Waals surface area (Å²) in [5, 5.41) is 3.17. The van der Waals surface area contributed by atoms with Gasteiger partial charge in [-0.1, -0.05) is 12.1 Å². The van der Waals surface area contributed by atoms with E-state index in [1.807, 2.05) is 31.2 Å². The van der Waals surface area contributed by atoms with Crippen LogP contribution in [0.25, 0.3) is 0 Å². The quantitative estimate of drug-likeness (QED) is 0.795. The van der Waals surface area contributed by atoms with Crippen LogP contribution in [0.2, 0.25) is 0 Å². The van der Waals surface area contributed by atoms with Crippen LogP contribution >= 0.6 is 0 Å². The van der Waals surface area contributed by atoms with Gasteiger partial charge in [-0.3, -0.25) is 10.1 Å². The molecule has 0 fully saturated rings. The summed E-state index contributed by atoms with van der Waals surface area (Å²) in [7, 11) is 3.02. The van der Waals surface area contributed by atoms with E-state index in [-0.39, 0.29) is 18.1 Å². The van der Waals surface area contributed by atoms with Gasteiger partial charge in [0.2, 0.25) is 0 Å². The zero-order valence-corrected chi connectivity index (χ0v) is 10.7. The maximum Gasteiger partial charge on any atom is 0.322 e. The molecule has 1 N–H and O–H groups in total. The number of ether oxygens (including phenoxy) is 2. The molecule has 1 rings (SSSR count). The van der Waals surface area contributed by atoms with Crippen LogP contribution in [0.3, 0.4) is 0 Å². The summed E-state index contributed by atoms with van der Waals surface area (Å²) in [5.41, 5.74) is 1.07. The van der Waals surface area contributed by atoms with Crippen LogP contribution in [0, 0.1) is 0 Å². The lowest BCUT2D eigenvalue weighted by atomic mass is 10.1. The minimum absolute atomic E-state index is 0.0548. The minimum atomic E-state index is -0.332. The standard InChI is InChI=1S/C13H19NO3/c1-9(14-10(2)13(15)17-4)11-6-5-7-12(8-11)16-3/h5-10,14H,1-4H3/t9?,10-/m0/s1. The fraction of sp³-hybridized carbons (Fsp3) is 0.462. The molecule has 0 aliphatic carbocycles. The van der Waals surface area contributed by atoms with Crippen molar-refractivity contribution in [1.82, 2.24) is 5.32 Å². The molecule has 0 saturated heterocycles. The zero-order valence-electron chi connectivity index (χ0n) is 10.7. The second-order valence-electron chi connectivity index (χ2n) is 3.91. The third-order valence-corrected chi connectivity index (χ3v) is 2.65. The average molecular weight is 237 g/mol. The van der Waals surface area contributed by atoms with Gasteiger partial charge in [-0.15, -0.1) is 0 Å². The Labute approximate surface area is 102 Å². The Morgan fingerprint density at radius 2 is 2.00 bits per heavy atom. The monoisotopic (exact) mass is 237 g/mol. The Morgan fingerprint density at radius 3 is 2.59 bits per heavy atom. The van der Waals surface area contributed by atoms with E-state index in [1.54, 1.807) is 14.0 Å². The Balaban J connectivity index is 2.68. The van der Waals surface area contributed by atoms with Crippen LogP contribution < -0.4 is 10.1 Å². The normalized spacial score (nSPS) is 13.9. The molecule has 0 amide bonds. The summed E-state index contributed by atoms with van der Waals surface area (Å²) in [5.74, 6) is 0.543. The fourth-order valence-corrected chi connectivity index (χ4v) is 1.63. The molecule has 1 unspecified atom stereocenters. The molecule has 1 aromatic rings. The van der Waals surface area contributed by atoms with Gasteiger partial charge in [-0.25, -0.2) is 0 Å². The molecule has 0 bridgehead atoms. The van der Waals surface area contributed by atoms with Crippen molar-refractivity contribution >= 4 is 5.97 Å². The van der Waals surface area contributed by atoms with E-state index < -0.39 is 0 Å². The van der Waals surface area contributed by atoms with Gasteiger partial charge in [0, 0.05) is 6.04 Å². The molecule has 0 aliphatic heterocycles. The van der Waals surface area contributed by atoms with Crippen molar-refractivity contribution in [1.29, 1.82) is 0 Å². The Bertz CT molecular complexity index is 379. The van der Waals surface area contributed by atoms with Crippen molar-refractivity contribution in [2.24, 2.45) is 0 Å². The average Bonchev–Trinajstić information content (AvgIpc) is 2.37. The summed E-state index contributed by atoms with van der Waals surface area (Å²) in [6.07, 6.45) is 0. The van der Waals surface area contributed by atoms with Crippen LogP contribution in [-0.2, 0) is 9.53 Å². The van der Waals surface area contributed by atoms with E-state index in [9.17, 15) is 4.79 Å². The predicted molar refractivity (Wildman–Crippen MR) is 66.0 cm³/mol. The molecule has 0 radical (unpaired) electrons. The van der Waals surface area contributed by atoms with Crippen LogP contribution in [-0.4, -0.2) is 26.2 Å². The number of carbonyl (C=O) groups excluding carboxylic acids is 1. The number of esters is 1. The molecule has 0 saturated carbocycles. The number of nitrogens with one attached hydrogen (secondary N) is 1. The Kier molecular flexibility index (Phi) is 4.97. The second kappa shape index (κ2) is 6.25. The number of methoxy groups -OCH3 is 2. The molecular formula is C13H19NO3. The van der Waals surface area contributed by atoms with Gasteiger partial charge in [0.15, 0.2) is 0 Å². The van der Waals surface area contributed by atoms with Gasteiger partial charge in [0.25, 0.3) is 0 Å². The Morgan fingerprint density at radius 1 is 1.29 bits per heavy atom. The highest BCUT2D eigenvalue weighted by Crippen LogP contribution is 2.19. The van der Waals surface area contributed by atoms with Crippen molar-refractivity contribution in [2.45, 2.75) is 25.9 Å². The highest BCUT2D eigenvalue weighted by Gasteiger charge is 2.16. The predicted octanol–water partition coefficient (Wildman–Crippen LogP) is 1.91. The maximum absolute atomic E-state index is 11.3. The molecule has 0 spiro atoms. The first-order valence-corrected chi connectivity index (χ1v) is 5.56. The number of hydrogen-bond donors (Lipinski definition) is 1. The first kappa shape index (κ1) is 13.5. The molecular weight excluding hydrogens is 218 g/mol. The number of rotatable bonds is 5. The molecule has 4 nitrogen and oxygen atoms in total. The van der Waals surface area contributed by atoms with Crippen molar-refractivity contribution < 1.29 is 14.3 Å². The SMILES string of the molecule is COC(=O)[C@H](C)NC(C)c1cccc(OC)c1. The van der Waals surface area contributed by atoms with Crippen LogP contribution in [0.5, 0.6) is 5.75 Å². The maximum atomic E-state index is 11.3. The van der Waals surface area contributed by atoms with Crippen LogP contribution in [0.15, 0.2) is 24.3 Å². The van der Waals surface area contributed by atoms with E-state index in [2.05, 4.69) is 10.1 Å². The van der Waals surface area contributed by atoms with Gasteiger partial charge < -0.3 is 9.47 Å². The smallest absolute Gasteiger partial charge is 0.322 e. The highest BCUT2D eigenvalue weighted by molar-refractivity contribution is 5.75. The van der Waals surface area contributed by atoms with Crippen LogP contribution in [0.4, 0.5) is 0 Å². The summed E-state index contributed by atoms with van der Waals surface area (Å²) in [6.45, 7) is 3.77. The Hall–Kier alpha value is -1.55. The number of hydrogen-bond acceptors (Lipinski definition) is 4. The number of benzene rings is 1. The summed E-state index contributed by atoms with van der Waals surface area (Å²) in [4.78, 5) is 11.3. The van der Waals surface area contributed by atoms with E-state index in [4.69, 9.17) is 4.74 Å². The molecule has 0 aliphatic rings. The van der Waals surface area contributed by atoms with E-state index in [1.165, 1.54) is 7.11 Å². The molecule has 0 heterocycles. The molecule has 17 heavy (non-hydrogen) atoms. The lowest BCUT2D eigenvalue weighted by Gasteiger charge is -2.19. The van der Waals surface area contributed by atoms with Crippen LogP contribution in [0.1, 0.15) is 25.5 Å². The topological polar surface area (TPSA) is 47.6 Å². The van der Waals surface area contributed by atoms with Gasteiger partial charge in [-0.2, -0.15) is 0 Å². The number of carbonyl (C=O) groups is 1. The van der Waals surface area contributed by atoms with Gasteiger partial charge >= 0.3 is 5.97 Å². The largest absolute Gasteiger partial charge is 0.497 e. The first-order chi connectivity index (χ1) is 8.08. The third-order valence-electron chi connectivity index (χ3n) is 2.65. The van der Waals surface area contributed by atoms with Crippen molar-refractivity contribution in [3.63, 3.8) is 0 Å². The third kappa shape index (κ3) is 3.75. The molecule has 4 heteroatoms.